The number of hydrogen-bond donors (Lipinski definition) is 2. The molecule has 0 aromatic carbocycles. The first-order valence-corrected chi connectivity index (χ1v) is 8.46. The van der Waals surface area contributed by atoms with Crippen LogP contribution in [0.3, 0.4) is 0 Å². The first kappa shape index (κ1) is 19.4. The molecule has 0 aliphatic heterocycles. The summed E-state index contributed by atoms with van der Waals surface area (Å²) >= 11 is 0. The predicted molar refractivity (Wildman–Crippen MR) is 97.3 cm³/mol. The van der Waals surface area contributed by atoms with Crippen LogP contribution in [0.5, 0.6) is 0 Å². The number of rotatable bonds is 6. The molecule has 0 fully saturated rings. The number of ether oxygens (including phenoxy) is 1. The minimum Gasteiger partial charge on any atom is -0.444 e. The first-order chi connectivity index (χ1) is 12.3. The monoisotopic (exact) mass is 359 g/mol. The molecule has 1 atom stereocenters. The minimum atomic E-state index is -0.692. The van der Waals surface area contributed by atoms with Gasteiger partial charge >= 0.3 is 6.09 Å². The smallest absolute Gasteiger partial charge is 0.408 e. The average molecular weight is 359 g/mol. The van der Waals surface area contributed by atoms with Gasteiger partial charge < -0.3 is 19.9 Å². The molecule has 0 radical (unpaired) electrons. The van der Waals surface area contributed by atoms with E-state index in [4.69, 9.17) is 4.74 Å². The molecule has 1 unspecified atom stereocenters. The van der Waals surface area contributed by atoms with Crippen LogP contribution in [0.4, 0.5) is 4.79 Å². The molecule has 0 saturated carbocycles. The standard InChI is InChI=1S/C18H25N5O3/c1-13(22-17(25)26-18(2,3)4)16(24)21-10-12-23-11-9-20-15(23)14-7-5-6-8-19-14/h5-9,11,13H,10,12H2,1-4H3,(H,21,24)(H,22,25). The highest BCUT2D eigenvalue weighted by atomic mass is 16.6. The first-order valence-electron chi connectivity index (χ1n) is 8.46. The molecule has 8 heteroatoms. The van der Waals surface area contributed by atoms with Gasteiger partial charge in [-0.1, -0.05) is 6.07 Å². The number of aromatic nitrogens is 3. The van der Waals surface area contributed by atoms with E-state index in [1.165, 1.54) is 0 Å². The van der Waals surface area contributed by atoms with Crippen LogP contribution in [-0.4, -0.2) is 44.7 Å². The van der Waals surface area contributed by atoms with Crippen molar-refractivity contribution in [2.45, 2.75) is 45.9 Å². The minimum absolute atomic E-state index is 0.282. The van der Waals surface area contributed by atoms with Crippen molar-refractivity contribution in [3.63, 3.8) is 0 Å². The Morgan fingerprint density at radius 2 is 2.00 bits per heavy atom. The third-order valence-electron chi connectivity index (χ3n) is 3.39. The van der Waals surface area contributed by atoms with Gasteiger partial charge in [0.1, 0.15) is 17.3 Å². The molecule has 0 aliphatic carbocycles. The number of nitrogens with one attached hydrogen (secondary N) is 2. The number of carbonyl (C=O) groups excluding carboxylic acids is 2. The Bertz CT molecular complexity index is 737. The Balaban J connectivity index is 1.82. The van der Waals surface area contributed by atoms with E-state index in [0.717, 1.165) is 11.5 Å². The van der Waals surface area contributed by atoms with Gasteiger partial charge in [0.2, 0.25) is 5.91 Å². The van der Waals surface area contributed by atoms with Crippen molar-refractivity contribution >= 4 is 12.0 Å². The predicted octanol–water partition coefficient (Wildman–Crippen LogP) is 1.97. The lowest BCUT2D eigenvalue weighted by Crippen LogP contribution is -2.47. The molecule has 26 heavy (non-hydrogen) atoms. The van der Waals surface area contributed by atoms with Crippen molar-refractivity contribution in [2.75, 3.05) is 6.54 Å². The molecule has 0 bridgehead atoms. The topological polar surface area (TPSA) is 98.1 Å². The zero-order chi connectivity index (χ0) is 19.2. The summed E-state index contributed by atoms with van der Waals surface area (Å²) in [5.41, 5.74) is 0.160. The van der Waals surface area contributed by atoms with Gasteiger partial charge in [0.15, 0.2) is 5.82 Å². The fourth-order valence-corrected chi connectivity index (χ4v) is 2.22. The second kappa shape index (κ2) is 8.46. The third kappa shape index (κ3) is 5.87. The molecule has 8 nitrogen and oxygen atoms in total. The summed E-state index contributed by atoms with van der Waals surface area (Å²) in [4.78, 5) is 32.4. The summed E-state index contributed by atoms with van der Waals surface area (Å²) in [7, 11) is 0. The Hall–Kier alpha value is -2.90. The zero-order valence-electron chi connectivity index (χ0n) is 15.5. The van der Waals surface area contributed by atoms with E-state index in [1.807, 2.05) is 29.0 Å². The Labute approximate surface area is 153 Å². The van der Waals surface area contributed by atoms with Crippen LogP contribution in [0.1, 0.15) is 27.7 Å². The molecule has 0 spiro atoms. The molecule has 2 heterocycles. The molecule has 0 saturated heterocycles. The third-order valence-corrected chi connectivity index (χ3v) is 3.39. The van der Waals surface area contributed by atoms with Gasteiger partial charge in [-0.05, 0) is 39.8 Å². The SMILES string of the molecule is CC(NC(=O)OC(C)(C)C)C(=O)NCCn1ccnc1-c1ccccn1. The molecule has 2 aromatic rings. The van der Waals surface area contributed by atoms with Crippen molar-refractivity contribution in [3.8, 4) is 11.5 Å². The number of alkyl carbamates (subject to hydrolysis) is 1. The molecule has 2 aromatic heterocycles. The summed E-state index contributed by atoms with van der Waals surface area (Å²) in [5.74, 6) is 0.454. The summed E-state index contributed by atoms with van der Waals surface area (Å²) in [6.07, 6.45) is 4.62. The van der Waals surface area contributed by atoms with Crippen LogP contribution in [0.2, 0.25) is 0 Å². The highest BCUT2D eigenvalue weighted by molar-refractivity contribution is 5.85. The van der Waals surface area contributed by atoms with Crippen molar-refractivity contribution in [1.29, 1.82) is 0 Å². The molecule has 2 amide bonds. The van der Waals surface area contributed by atoms with Crippen molar-refractivity contribution in [3.05, 3.63) is 36.8 Å². The van der Waals surface area contributed by atoms with Gasteiger partial charge in [-0.3, -0.25) is 9.78 Å². The van der Waals surface area contributed by atoms with Crippen LogP contribution in [0.15, 0.2) is 36.8 Å². The number of amides is 2. The van der Waals surface area contributed by atoms with E-state index in [2.05, 4.69) is 20.6 Å². The maximum absolute atomic E-state index is 12.1. The average Bonchev–Trinajstić information content (AvgIpc) is 3.02. The van der Waals surface area contributed by atoms with E-state index < -0.39 is 17.7 Å². The molecular weight excluding hydrogens is 334 g/mol. The van der Waals surface area contributed by atoms with Crippen LogP contribution < -0.4 is 10.6 Å². The van der Waals surface area contributed by atoms with E-state index in [9.17, 15) is 9.59 Å². The number of hydrogen-bond acceptors (Lipinski definition) is 5. The fraction of sp³-hybridized carbons (Fsp3) is 0.444. The highest BCUT2D eigenvalue weighted by Crippen LogP contribution is 2.13. The van der Waals surface area contributed by atoms with Gasteiger partial charge in [0.25, 0.3) is 0 Å². The number of pyridine rings is 1. The lowest BCUT2D eigenvalue weighted by atomic mass is 10.2. The summed E-state index contributed by atoms with van der Waals surface area (Å²) in [6, 6.07) is 4.93. The van der Waals surface area contributed by atoms with Crippen LogP contribution in [0, 0.1) is 0 Å². The molecule has 140 valence electrons. The lowest BCUT2D eigenvalue weighted by Gasteiger charge is -2.21. The molecule has 0 aliphatic rings. The Kier molecular flexibility index (Phi) is 6.32. The van der Waals surface area contributed by atoms with Crippen LogP contribution in [0.25, 0.3) is 11.5 Å². The van der Waals surface area contributed by atoms with E-state index >= 15 is 0 Å². The number of carbonyl (C=O) groups is 2. The summed E-state index contributed by atoms with van der Waals surface area (Å²) < 4.78 is 7.05. The van der Waals surface area contributed by atoms with Gasteiger partial charge in [0, 0.05) is 31.7 Å². The van der Waals surface area contributed by atoms with E-state index in [0.29, 0.717) is 13.1 Å². The van der Waals surface area contributed by atoms with Crippen molar-refractivity contribution < 1.29 is 14.3 Å². The fourth-order valence-electron chi connectivity index (χ4n) is 2.22. The quantitative estimate of drug-likeness (QED) is 0.822. The Morgan fingerprint density at radius 1 is 1.23 bits per heavy atom. The lowest BCUT2D eigenvalue weighted by molar-refractivity contribution is -0.122. The second-order valence-electron chi connectivity index (χ2n) is 6.82. The van der Waals surface area contributed by atoms with Gasteiger partial charge in [-0.25, -0.2) is 9.78 Å². The van der Waals surface area contributed by atoms with E-state index in [-0.39, 0.29) is 5.91 Å². The second-order valence-corrected chi connectivity index (χ2v) is 6.82. The molecule has 2 N–H and O–H groups in total. The van der Waals surface area contributed by atoms with Crippen molar-refractivity contribution in [2.24, 2.45) is 0 Å². The Morgan fingerprint density at radius 3 is 2.65 bits per heavy atom. The summed E-state index contributed by atoms with van der Waals surface area (Å²) in [5, 5.41) is 5.30. The van der Waals surface area contributed by atoms with Gasteiger partial charge in [-0.15, -0.1) is 0 Å². The number of nitrogens with zero attached hydrogens (tertiary/aromatic N) is 3. The number of imidazole rings is 1. The molecular formula is C18H25N5O3. The van der Waals surface area contributed by atoms with E-state index in [1.54, 1.807) is 40.1 Å². The molecule has 2 rings (SSSR count). The summed E-state index contributed by atoms with van der Waals surface area (Å²) in [6.45, 7) is 7.84. The largest absolute Gasteiger partial charge is 0.444 e. The highest BCUT2D eigenvalue weighted by Gasteiger charge is 2.20. The van der Waals surface area contributed by atoms with Crippen LogP contribution in [-0.2, 0) is 16.1 Å². The maximum atomic E-state index is 12.1. The maximum Gasteiger partial charge on any atom is 0.408 e. The zero-order valence-corrected chi connectivity index (χ0v) is 15.5. The van der Waals surface area contributed by atoms with Crippen LogP contribution >= 0.6 is 0 Å². The van der Waals surface area contributed by atoms with Gasteiger partial charge in [-0.2, -0.15) is 0 Å². The normalized spacial score (nSPS) is 12.3. The van der Waals surface area contributed by atoms with Gasteiger partial charge in [0.05, 0.1) is 0 Å². The van der Waals surface area contributed by atoms with Crippen molar-refractivity contribution in [1.82, 2.24) is 25.2 Å².